The number of unbranched alkanes of at least 4 members (excludes halogenated alkanes) is 26. The Morgan fingerprint density at radius 1 is 0.411 bits per heavy atom. The third-order valence-electron chi connectivity index (χ3n) is 12.5. The van der Waals surface area contributed by atoms with Crippen LogP contribution in [0.25, 0.3) is 0 Å². The second-order valence-corrected chi connectivity index (χ2v) is 23.2. The van der Waals surface area contributed by atoms with Crippen molar-refractivity contribution < 1.29 is 56.1 Å². The van der Waals surface area contributed by atoms with Gasteiger partial charge in [0.2, 0.25) is 20.0 Å². The van der Waals surface area contributed by atoms with Crippen LogP contribution in [0.3, 0.4) is 0 Å². The molecule has 0 saturated heterocycles. The first-order valence-electron chi connectivity index (χ1n) is 27.7. The second-order valence-electron chi connectivity index (χ2n) is 19.3. The average molecular weight is 1100 g/mol. The molecule has 13 heteroatoms. The van der Waals surface area contributed by atoms with Gasteiger partial charge in [-0.25, -0.2) is 68.1 Å². The molecule has 0 atom stereocenters. The molecule has 0 radical (unpaired) electrons. The summed E-state index contributed by atoms with van der Waals surface area (Å²) in [5.41, 5.74) is 3.20. The van der Waals surface area contributed by atoms with Gasteiger partial charge < -0.3 is 0 Å². The number of sulfonamides is 2. The Morgan fingerprint density at radius 2 is 0.658 bits per heavy atom. The average Bonchev–Trinajstić information content (AvgIpc) is 4.04. The molecular weight excluding hydrogens is 1000 g/mol. The van der Waals surface area contributed by atoms with Gasteiger partial charge in [-0.05, 0) is 12.8 Å². The molecule has 0 amide bonds. The van der Waals surface area contributed by atoms with E-state index in [1.54, 1.807) is 0 Å². The summed E-state index contributed by atoms with van der Waals surface area (Å²) in [6.45, 7) is 8.88. The van der Waals surface area contributed by atoms with Crippen molar-refractivity contribution in [2.45, 2.75) is 220 Å². The minimum absolute atomic E-state index is 0. The van der Waals surface area contributed by atoms with Crippen LogP contribution >= 0.6 is 0 Å². The van der Waals surface area contributed by atoms with Crippen molar-refractivity contribution in [3.63, 3.8) is 0 Å². The van der Waals surface area contributed by atoms with Crippen LogP contribution in [-0.4, -0.2) is 41.4 Å². The maximum atomic E-state index is 13.5. The Morgan fingerprint density at radius 3 is 0.877 bits per heavy atom. The van der Waals surface area contributed by atoms with Crippen molar-refractivity contribution in [2.75, 3.05) is 24.6 Å². The summed E-state index contributed by atoms with van der Waals surface area (Å²) in [6, 6.07) is 25.3. The predicted octanol–water partition coefficient (Wildman–Crippen LogP) is 16.8. The largest absolute Gasteiger partial charge is 4.00 e. The Hall–Kier alpha value is -2.61. The Kier molecular flexibility index (Phi) is 45.0. The van der Waals surface area contributed by atoms with E-state index in [1.165, 1.54) is 165 Å². The van der Waals surface area contributed by atoms with Crippen LogP contribution in [0.4, 0.5) is 17.6 Å². The van der Waals surface area contributed by atoms with E-state index in [4.69, 9.17) is 0 Å². The van der Waals surface area contributed by atoms with Gasteiger partial charge in [-0.2, -0.15) is 47.5 Å². The molecule has 0 bridgehead atoms. The Labute approximate surface area is 458 Å². The van der Waals surface area contributed by atoms with E-state index >= 15 is 0 Å². The molecule has 2 N–H and O–H groups in total. The molecule has 412 valence electrons. The molecule has 0 aliphatic carbocycles. The van der Waals surface area contributed by atoms with Crippen molar-refractivity contribution in [1.82, 2.24) is 9.44 Å². The SMILES string of the molecule is CCCCCCCCCCCCCCCCS(=O)(=O)NCCc1ccc(F)[c-]c1F.CCCCCCCCCCCCCCCCS(=O)(=O)NCCc1ccc(F)[c-]c1F.C[c-]1cccc1.C[c-]1cccc1.[Ti+4]. The minimum Gasteiger partial charge on any atom is -0.236 e. The van der Waals surface area contributed by atoms with E-state index in [9.17, 15) is 34.4 Å². The number of benzene rings is 2. The zero-order chi connectivity index (χ0) is 53.0. The summed E-state index contributed by atoms with van der Waals surface area (Å²) >= 11 is 0. The summed E-state index contributed by atoms with van der Waals surface area (Å²) in [6.07, 6.45) is 34.7. The Balaban J connectivity index is 0.00000113. The first-order chi connectivity index (χ1) is 34.7. The monoisotopic (exact) mass is 1090 g/mol. The molecule has 0 aliphatic rings. The fourth-order valence-corrected chi connectivity index (χ4v) is 10.4. The molecule has 0 aromatic heterocycles. The quantitative estimate of drug-likeness (QED) is 0.0202. The van der Waals surface area contributed by atoms with Gasteiger partial charge >= 0.3 is 21.7 Å². The van der Waals surface area contributed by atoms with Crippen LogP contribution in [0.2, 0.25) is 0 Å². The molecule has 4 aromatic carbocycles. The van der Waals surface area contributed by atoms with E-state index in [0.29, 0.717) is 12.8 Å². The third-order valence-corrected chi connectivity index (χ3v) is 15.4. The number of hydrogen-bond acceptors (Lipinski definition) is 4. The molecular formula is C60H94F4N2O4S2Ti. The van der Waals surface area contributed by atoms with Crippen molar-refractivity contribution in [1.29, 1.82) is 0 Å². The molecule has 0 unspecified atom stereocenters. The van der Waals surface area contributed by atoms with Crippen molar-refractivity contribution >= 4 is 20.0 Å². The number of halogens is 4. The number of hydrogen-bond donors (Lipinski definition) is 2. The fourth-order valence-electron chi connectivity index (χ4n) is 8.07. The van der Waals surface area contributed by atoms with Crippen LogP contribution in [0.5, 0.6) is 0 Å². The van der Waals surface area contributed by atoms with Gasteiger partial charge in [0, 0.05) is 36.4 Å². The maximum absolute atomic E-state index is 13.5. The smallest absolute Gasteiger partial charge is 0.236 e. The molecule has 0 spiro atoms. The standard InChI is InChI=1S/2C24H40F2NO2S.2C6H7.Ti/c2*1-2-3-4-5-6-7-8-9-10-11-12-13-14-15-20-30(28,29)27-19-18-22-16-17-23(25)21-24(22)26;2*1-6-4-2-3-5-6;/h2*16-17,27H,2-15,18-20H2,1H3;2*2-5H,1H3;/q4*-1;+4. The van der Waals surface area contributed by atoms with Crippen LogP contribution in [0.15, 0.2) is 72.8 Å². The zero-order valence-electron chi connectivity index (χ0n) is 45.4. The minimum atomic E-state index is -3.35. The van der Waals surface area contributed by atoms with Gasteiger partial charge in [0.15, 0.2) is 0 Å². The van der Waals surface area contributed by atoms with Gasteiger partial charge in [-0.3, -0.25) is 0 Å². The van der Waals surface area contributed by atoms with Gasteiger partial charge in [-0.1, -0.05) is 207 Å². The third kappa shape index (κ3) is 43.2. The molecule has 6 nitrogen and oxygen atoms in total. The van der Waals surface area contributed by atoms with Crippen LogP contribution < -0.4 is 9.44 Å². The maximum Gasteiger partial charge on any atom is 4.00 e. The summed E-state index contributed by atoms with van der Waals surface area (Å²) in [5.74, 6) is -2.84. The second kappa shape index (κ2) is 46.7. The van der Waals surface area contributed by atoms with Crippen LogP contribution in [0, 0.1) is 49.2 Å². The van der Waals surface area contributed by atoms with Gasteiger partial charge in [0.05, 0.1) is 11.5 Å². The topological polar surface area (TPSA) is 92.3 Å². The van der Waals surface area contributed by atoms with Gasteiger partial charge in [0.1, 0.15) is 0 Å². The molecule has 73 heavy (non-hydrogen) atoms. The molecule has 4 rings (SSSR count). The molecule has 0 fully saturated rings. The van der Waals surface area contributed by atoms with Crippen molar-refractivity contribution in [3.05, 3.63) is 130 Å². The van der Waals surface area contributed by atoms with E-state index in [-0.39, 0.29) is 70.3 Å². The first kappa shape index (κ1) is 70.4. The normalized spacial score (nSPS) is 11.2. The molecule has 0 aliphatic heterocycles. The van der Waals surface area contributed by atoms with E-state index < -0.39 is 43.3 Å². The van der Waals surface area contributed by atoms with Gasteiger partial charge in [-0.15, -0.1) is 35.4 Å². The summed E-state index contributed by atoms with van der Waals surface area (Å²) < 4.78 is 106. The van der Waals surface area contributed by atoms with Crippen molar-refractivity contribution in [2.24, 2.45) is 0 Å². The van der Waals surface area contributed by atoms with E-state index in [0.717, 1.165) is 37.8 Å². The summed E-state index contributed by atoms with van der Waals surface area (Å²) in [4.78, 5) is 0. The zero-order valence-corrected chi connectivity index (χ0v) is 48.6. The summed E-state index contributed by atoms with van der Waals surface area (Å²) in [7, 11) is -6.69. The number of rotatable bonds is 38. The molecule has 0 heterocycles. The predicted molar refractivity (Wildman–Crippen MR) is 296 cm³/mol. The fraction of sp³-hybridized carbons (Fsp3) is 0.633. The first-order valence-corrected chi connectivity index (χ1v) is 31.0. The number of aryl methyl sites for hydroxylation is 2. The molecule has 4 aromatic rings. The van der Waals surface area contributed by atoms with Crippen molar-refractivity contribution in [3.8, 4) is 0 Å². The van der Waals surface area contributed by atoms with Crippen LogP contribution in [-0.2, 0) is 54.6 Å². The Bertz CT molecular complexity index is 1920. The van der Waals surface area contributed by atoms with Gasteiger partial charge in [0.25, 0.3) is 0 Å². The number of nitrogens with one attached hydrogen (secondary N) is 2. The van der Waals surface area contributed by atoms with Crippen LogP contribution in [0.1, 0.15) is 216 Å². The van der Waals surface area contributed by atoms with E-state index in [1.807, 2.05) is 36.4 Å². The molecule has 0 saturated carbocycles. The summed E-state index contributed by atoms with van der Waals surface area (Å²) in [5, 5.41) is 0. The van der Waals surface area contributed by atoms with E-state index in [2.05, 4.69) is 61.4 Å².